The topological polar surface area (TPSA) is 84.2 Å². The highest BCUT2D eigenvalue weighted by molar-refractivity contribution is 7.14. The van der Waals surface area contributed by atoms with Crippen LogP contribution in [0.3, 0.4) is 0 Å². The Morgan fingerprint density at radius 3 is 2.30 bits per heavy atom. The summed E-state index contributed by atoms with van der Waals surface area (Å²) >= 11 is 1.29. The van der Waals surface area contributed by atoms with Crippen LogP contribution in [0.25, 0.3) is 0 Å². The zero-order valence-electron chi connectivity index (χ0n) is 17.9. The first-order chi connectivity index (χ1) is 14.3. The van der Waals surface area contributed by atoms with Gasteiger partial charge in [0.25, 0.3) is 5.91 Å². The number of hydrogen-bond acceptors (Lipinski definition) is 5. The number of furan rings is 1. The number of aryl methyl sites for hydroxylation is 1. The smallest absolute Gasteiger partial charge is 0.260 e. The molecule has 2 heterocycles. The van der Waals surface area contributed by atoms with Gasteiger partial charge in [0.2, 0.25) is 5.91 Å². The summed E-state index contributed by atoms with van der Waals surface area (Å²) in [6.45, 7) is 10.2. The molecule has 2 aromatic heterocycles. The van der Waals surface area contributed by atoms with Crippen molar-refractivity contribution >= 4 is 34.0 Å². The largest absolute Gasteiger partial charge is 0.469 e. The van der Waals surface area contributed by atoms with Crippen molar-refractivity contribution in [3.05, 3.63) is 64.1 Å². The molecule has 0 aliphatic rings. The van der Waals surface area contributed by atoms with Crippen LogP contribution in [0.1, 0.15) is 72.5 Å². The number of carbonyl (C=O) groups excluding carboxylic acids is 2. The number of para-hydroxylation sites is 1. The standard InChI is InChI=1S/C23H27N3O3S/c1-13(2)17-7-6-8-18(14(3)4)21(17)25-20(27)11-16-12-30-23(24-16)26-22(28)19-9-10-29-15(19)5/h6-10,12-14H,11H2,1-5H3,(H,25,27)(H,24,26,28). The van der Waals surface area contributed by atoms with Crippen LogP contribution in [0.15, 0.2) is 40.3 Å². The van der Waals surface area contributed by atoms with Crippen molar-refractivity contribution in [2.24, 2.45) is 0 Å². The number of benzene rings is 1. The molecule has 0 spiro atoms. The van der Waals surface area contributed by atoms with E-state index in [2.05, 4.69) is 55.4 Å². The Bertz CT molecular complexity index is 1020. The van der Waals surface area contributed by atoms with E-state index in [9.17, 15) is 9.59 Å². The second-order valence-electron chi connectivity index (χ2n) is 7.83. The van der Waals surface area contributed by atoms with Crippen LogP contribution in [-0.4, -0.2) is 16.8 Å². The zero-order chi connectivity index (χ0) is 21.8. The van der Waals surface area contributed by atoms with E-state index in [1.807, 2.05) is 6.07 Å². The van der Waals surface area contributed by atoms with Gasteiger partial charge in [-0.15, -0.1) is 11.3 Å². The molecule has 0 fully saturated rings. The van der Waals surface area contributed by atoms with E-state index in [0.717, 1.165) is 16.8 Å². The molecule has 0 unspecified atom stereocenters. The summed E-state index contributed by atoms with van der Waals surface area (Å²) in [7, 11) is 0. The van der Waals surface area contributed by atoms with E-state index in [0.29, 0.717) is 34.0 Å². The SMILES string of the molecule is Cc1occc1C(=O)Nc1nc(CC(=O)Nc2c(C(C)C)cccc2C(C)C)cs1. The van der Waals surface area contributed by atoms with Crippen LogP contribution in [0.2, 0.25) is 0 Å². The van der Waals surface area contributed by atoms with E-state index in [1.54, 1.807) is 18.4 Å². The third-order valence-electron chi connectivity index (χ3n) is 4.85. The van der Waals surface area contributed by atoms with Crippen molar-refractivity contribution in [2.45, 2.75) is 52.9 Å². The molecule has 3 rings (SSSR count). The fourth-order valence-electron chi connectivity index (χ4n) is 3.27. The Kier molecular flexibility index (Phi) is 6.72. The molecule has 0 aliphatic heterocycles. The van der Waals surface area contributed by atoms with Crippen molar-refractivity contribution < 1.29 is 14.0 Å². The van der Waals surface area contributed by atoms with Gasteiger partial charge in [-0.1, -0.05) is 45.9 Å². The van der Waals surface area contributed by atoms with E-state index in [-0.39, 0.29) is 18.2 Å². The molecule has 0 atom stereocenters. The average molecular weight is 426 g/mol. The van der Waals surface area contributed by atoms with Crippen molar-refractivity contribution in [1.29, 1.82) is 0 Å². The van der Waals surface area contributed by atoms with Gasteiger partial charge in [0.05, 0.1) is 23.9 Å². The highest BCUT2D eigenvalue weighted by Gasteiger charge is 2.18. The monoisotopic (exact) mass is 425 g/mol. The van der Waals surface area contributed by atoms with Gasteiger partial charge in [0, 0.05) is 11.1 Å². The van der Waals surface area contributed by atoms with Gasteiger partial charge in [0.1, 0.15) is 5.76 Å². The number of hydrogen-bond donors (Lipinski definition) is 2. The summed E-state index contributed by atoms with van der Waals surface area (Å²) in [6, 6.07) is 7.77. The number of thiazole rings is 1. The molecule has 0 saturated heterocycles. The molecule has 30 heavy (non-hydrogen) atoms. The Morgan fingerprint density at radius 1 is 1.07 bits per heavy atom. The maximum atomic E-state index is 12.7. The van der Waals surface area contributed by atoms with Crippen LogP contribution < -0.4 is 10.6 Å². The quantitative estimate of drug-likeness (QED) is 0.507. The second-order valence-corrected chi connectivity index (χ2v) is 8.69. The molecule has 2 N–H and O–H groups in total. The van der Waals surface area contributed by atoms with Crippen molar-refractivity contribution in [3.63, 3.8) is 0 Å². The minimum absolute atomic E-state index is 0.126. The molecule has 7 heteroatoms. The van der Waals surface area contributed by atoms with E-state index < -0.39 is 0 Å². The van der Waals surface area contributed by atoms with Gasteiger partial charge in [0.15, 0.2) is 5.13 Å². The Labute approximate surface area is 180 Å². The first-order valence-electron chi connectivity index (χ1n) is 9.98. The Hall–Kier alpha value is -2.93. The predicted octanol–water partition coefficient (Wildman–Crippen LogP) is 5.72. The minimum Gasteiger partial charge on any atom is -0.469 e. The fourth-order valence-corrected chi connectivity index (χ4v) is 3.98. The molecule has 158 valence electrons. The predicted molar refractivity (Wildman–Crippen MR) is 120 cm³/mol. The number of anilines is 2. The maximum absolute atomic E-state index is 12.7. The van der Waals surface area contributed by atoms with Crippen LogP contribution in [-0.2, 0) is 11.2 Å². The van der Waals surface area contributed by atoms with E-state index in [4.69, 9.17) is 4.42 Å². The summed E-state index contributed by atoms with van der Waals surface area (Å²) in [5.74, 6) is 0.740. The second kappa shape index (κ2) is 9.26. The normalized spacial score (nSPS) is 11.2. The highest BCUT2D eigenvalue weighted by atomic mass is 32.1. The van der Waals surface area contributed by atoms with Gasteiger partial charge in [-0.05, 0) is 36.0 Å². The zero-order valence-corrected chi connectivity index (χ0v) is 18.7. The number of rotatable bonds is 7. The number of carbonyl (C=O) groups is 2. The molecular formula is C23H27N3O3S. The van der Waals surface area contributed by atoms with Gasteiger partial charge in [-0.2, -0.15) is 0 Å². The molecule has 0 saturated carbocycles. The molecule has 0 aliphatic carbocycles. The maximum Gasteiger partial charge on any atom is 0.260 e. The van der Waals surface area contributed by atoms with E-state index in [1.165, 1.54) is 17.6 Å². The molecule has 1 aromatic carbocycles. The van der Waals surface area contributed by atoms with Gasteiger partial charge < -0.3 is 9.73 Å². The Balaban J connectivity index is 1.69. The Morgan fingerprint density at radius 2 is 1.73 bits per heavy atom. The number of aromatic nitrogens is 1. The number of amides is 2. The lowest BCUT2D eigenvalue weighted by Crippen LogP contribution is -2.18. The summed E-state index contributed by atoms with van der Waals surface area (Å²) < 4.78 is 5.16. The fraction of sp³-hybridized carbons (Fsp3) is 0.348. The summed E-state index contributed by atoms with van der Waals surface area (Å²) in [6.07, 6.45) is 1.61. The lowest BCUT2D eigenvalue weighted by atomic mass is 9.92. The lowest BCUT2D eigenvalue weighted by molar-refractivity contribution is -0.115. The van der Waals surface area contributed by atoms with E-state index >= 15 is 0 Å². The minimum atomic E-state index is -0.279. The lowest BCUT2D eigenvalue weighted by Gasteiger charge is -2.20. The summed E-state index contributed by atoms with van der Waals surface area (Å²) in [5, 5.41) is 8.09. The van der Waals surface area contributed by atoms with Gasteiger partial charge >= 0.3 is 0 Å². The van der Waals surface area contributed by atoms with Crippen LogP contribution in [0, 0.1) is 6.92 Å². The number of nitrogens with zero attached hydrogens (tertiary/aromatic N) is 1. The molecule has 6 nitrogen and oxygen atoms in total. The summed E-state index contributed by atoms with van der Waals surface area (Å²) in [4.78, 5) is 29.4. The average Bonchev–Trinajstić information content (AvgIpc) is 3.30. The van der Waals surface area contributed by atoms with Crippen LogP contribution >= 0.6 is 11.3 Å². The van der Waals surface area contributed by atoms with Gasteiger partial charge in [-0.3, -0.25) is 14.9 Å². The number of nitrogens with one attached hydrogen (secondary N) is 2. The van der Waals surface area contributed by atoms with Gasteiger partial charge in [-0.25, -0.2) is 4.98 Å². The first kappa shape index (κ1) is 21.8. The van der Waals surface area contributed by atoms with Crippen molar-refractivity contribution in [3.8, 4) is 0 Å². The van der Waals surface area contributed by atoms with Crippen molar-refractivity contribution in [1.82, 2.24) is 4.98 Å². The molecule has 0 bridgehead atoms. The third kappa shape index (κ3) is 4.97. The van der Waals surface area contributed by atoms with Crippen molar-refractivity contribution in [2.75, 3.05) is 10.6 Å². The third-order valence-corrected chi connectivity index (χ3v) is 5.66. The van der Waals surface area contributed by atoms with Crippen LogP contribution in [0.4, 0.5) is 10.8 Å². The summed E-state index contributed by atoms with van der Waals surface area (Å²) in [5.41, 5.74) is 4.22. The van der Waals surface area contributed by atoms with Crippen LogP contribution in [0.5, 0.6) is 0 Å². The molecule has 2 amide bonds. The molecule has 0 radical (unpaired) electrons. The first-order valence-corrected chi connectivity index (χ1v) is 10.9. The molecule has 3 aromatic rings. The molecular weight excluding hydrogens is 398 g/mol. The highest BCUT2D eigenvalue weighted by Crippen LogP contribution is 2.32.